The largest absolute Gasteiger partial charge is 0.472 e. The summed E-state index contributed by atoms with van der Waals surface area (Å²) in [6.45, 7) is 14.1. The lowest BCUT2D eigenvalue weighted by atomic mass is 9.99. The second-order valence-corrected chi connectivity index (χ2v) is 30.2. The molecule has 0 amide bonds. The molecule has 0 bridgehead atoms. The van der Waals surface area contributed by atoms with E-state index in [1.54, 1.807) is 0 Å². The van der Waals surface area contributed by atoms with E-state index in [9.17, 15) is 43.2 Å². The Labute approximate surface area is 549 Å². The van der Waals surface area contributed by atoms with E-state index in [4.69, 9.17) is 37.0 Å². The molecule has 0 fully saturated rings. The summed E-state index contributed by atoms with van der Waals surface area (Å²) >= 11 is 0. The number of rotatable bonds is 68. The fourth-order valence-corrected chi connectivity index (χ4v) is 12.2. The van der Waals surface area contributed by atoms with Gasteiger partial charge in [-0.3, -0.25) is 37.3 Å². The maximum Gasteiger partial charge on any atom is 0.472 e. The van der Waals surface area contributed by atoms with Crippen LogP contribution in [0.25, 0.3) is 0 Å². The smallest absolute Gasteiger partial charge is 0.462 e. The van der Waals surface area contributed by atoms with Crippen molar-refractivity contribution >= 4 is 39.5 Å². The van der Waals surface area contributed by atoms with E-state index in [0.29, 0.717) is 31.6 Å². The van der Waals surface area contributed by atoms with Gasteiger partial charge in [-0.15, -0.1) is 0 Å². The van der Waals surface area contributed by atoms with Crippen LogP contribution in [0.1, 0.15) is 351 Å². The normalized spacial score (nSPS) is 14.6. The molecule has 0 rings (SSSR count). The third-order valence-electron chi connectivity index (χ3n) is 16.7. The van der Waals surface area contributed by atoms with Gasteiger partial charge in [0.05, 0.1) is 26.4 Å². The average molecular weight is 1330 g/mol. The van der Waals surface area contributed by atoms with E-state index < -0.39 is 97.5 Å². The van der Waals surface area contributed by atoms with Gasteiger partial charge in [0.1, 0.15) is 19.3 Å². The molecule has 19 heteroatoms. The Bertz CT molecular complexity index is 1780. The minimum Gasteiger partial charge on any atom is -0.462 e. The minimum atomic E-state index is -4.95. The number of hydrogen-bond donors (Lipinski definition) is 3. The number of carbonyl (C=O) groups excluding carboxylic acids is 4. The van der Waals surface area contributed by atoms with Crippen molar-refractivity contribution in [2.24, 2.45) is 23.7 Å². The lowest BCUT2D eigenvalue weighted by Gasteiger charge is -2.21. The Kier molecular flexibility index (Phi) is 59.4. The fraction of sp³-hybridized carbons (Fsp3) is 0.944. The zero-order valence-corrected chi connectivity index (χ0v) is 60.6. The van der Waals surface area contributed by atoms with Gasteiger partial charge >= 0.3 is 39.5 Å². The molecular formula is C71H138O17P2. The quantitative estimate of drug-likeness (QED) is 0.0222. The van der Waals surface area contributed by atoms with E-state index in [-0.39, 0.29) is 25.7 Å². The van der Waals surface area contributed by atoms with Crippen LogP contribution in [0.2, 0.25) is 0 Å². The Hall–Kier alpha value is -1.94. The van der Waals surface area contributed by atoms with Gasteiger partial charge in [-0.1, -0.05) is 299 Å². The highest BCUT2D eigenvalue weighted by atomic mass is 31.2. The van der Waals surface area contributed by atoms with Crippen LogP contribution in [-0.2, 0) is 65.4 Å². The number of esters is 4. The first-order valence-electron chi connectivity index (χ1n) is 36.7. The number of ether oxygens (including phenoxy) is 4. The first-order valence-corrected chi connectivity index (χ1v) is 39.7. The summed E-state index contributed by atoms with van der Waals surface area (Å²) in [5, 5.41) is 10.6. The van der Waals surface area contributed by atoms with E-state index in [0.717, 1.165) is 114 Å². The molecule has 3 unspecified atom stereocenters. The molecule has 0 aromatic rings. The van der Waals surface area contributed by atoms with Gasteiger partial charge in [-0.25, -0.2) is 9.13 Å². The topological polar surface area (TPSA) is 237 Å². The zero-order chi connectivity index (χ0) is 66.8. The third kappa shape index (κ3) is 63.5. The van der Waals surface area contributed by atoms with Crippen LogP contribution in [0.3, 0.4) is 0 Å². The second kappa shape index (κ2) is 60.7. The first kappa shape index (κ1) is 88.1. The van der Waals surface area contributed by atoms with Crippen molar-refractivity contribution in [3.05, 3.63) is 0 Å². The highest BCUT2D eigenvalue weighted by molar-refractivity contribution is 7.47. The van der Waals surface area contributed by atoms with Crippen LogP contribution < -0.4 is 0 Å². The number of unbranched alkanes of at least 4 members (excludes halogenated alkanes) is 33. The molecule has 17 nitrogen and oxygen atoms in total. The van der Waals surface area contributed by atoms with Gasteiger partial charge in [0.15, 0.2) is 12.2 Å². The molecule has 0 saturated carbocycles. The predicted octanol–water partition coefficient (Wildman–Crippen LogP) is 20.1. The number of hydrogen-bond acceptors (Lipinski definition) is 15. The van der Waals surface area contributed by atoms with Crippen molar-refractivity contribution in [2.45, 2.75) is 369 Å². The molecule has 0 aromatic carbocycles. The number of phosphoric ester groups is 2. The van der Waals surface area contributed by atoms with Crippen LogP contribution in [0.4, 0.5) is 0 Å². The van der Waals surface area contributed by atoms with Gasteiger partial charge in [-0.05, 0) is 49.4 Å². The molecule has 3 N–H and O–H groups in total. The standard InChI is InChI=1S/C71H138O17P2/c1-9-64(8)50-42-34-25-21-22-28-38-46-54-71(76)88-67(58-82-69(74)52-44-36-30-29-33-41-49-63(6)7)60-86-90(79,80)84-56-65(72)55-83-89(77,78)85-59-66(57-81-68(73)51-43-35-26-19-16-12-14-18-24-32-40-48-62(4)5)87-70(75)53-45-37-27-20-15-11-10-13-17-23-31-39-47-61(2)3/h61-67,72H,9-60H2,1-8H3,(H,77,78)(H,79,80)/t64?,65-,66-,67-/m1/s1. The van der Waals surface area contributed by atoms with Crippen molar-refractivity contribution in [3.8, 4) is 0 Å². The summed E-state index contributed by atoms with van der Waals surface area (Å²) in [5.74, 6) is 0.867. The van der Waals surface area contributed by atoms with Gasteiger partial charge in [0.2, 0.25) is 0 Å². The summed E-state index contributed by atoms with van der Waals surface area (Å²) in [5.41, 5.74) is 0. The molecule has 0 saturated heterocycles. The lowest BCUT2D eigenvalue weighted by Crippen LogP contribution is -2.30. The molecule has 6 atom stereocenters. The fourth-order valence-electron chi connectivity index (χ4n) is 10.6. The van der Waals surface area contributed by atoms with Crippen molar-refractivity contribution in [2.75, 3.05) is 39.6 Å². The van der Waals surface area contributed by atoms with Crippen molar-refractivity contribution in [1.29, 1.82) is 0 Å². The average Bonchev–Trinajstić information content (AvgIpc) is 3.66. The van der Waals surface area contributed by atoms with E-state index >= 15 is 0 Å². The summed E-state index contributed by atoms with van der Waals surface area (Å²) in [7, 11) is -9.90. The number of aliphatic hydroxyl groups excluding tert-OH is 1. The van der Waals surface area contributed by atoms with E-state index in [1.807, 2.05) is 0 Å². The number of carbonyl (C=O) groups is 4. The Balaban J connectivity index is 5.26. The molecule has 0 aromatic heterocycles. The maximum atomic E-state index is 13.0. The van der Waals surface area contributed by atoms with Crippen molar-refractivity contribution in [1.82, 2.24) is 0 Å². The Morgan fingerprint density at radius 3 is 0.789 bits per heavy atom. The van der Waals surface area contributed by atoms with Gasteiger partial charge in [-0.2, -0.15) is 0 Å². The molecule has 534 valence electrons. The third-order valence-corrected chi connectivity index (χ3v) is 18.6. The van der Waals surface area contributed by atoms with E-state index in [2.05, 4.69) is 55.4 Å². The van der Waals surface area contributed by atoms with Crippen LogP contribution >= 0.6 is 15.6 Å². The number of phosphoric acid groups is 2. The molecule has 90 heavy (non-hydrogen) atoms. The first-order chi connectivity index (χ1) is 43.1. The van der Waals surface area contributed by atoms with Gasteiger partial charge in [0, 0.05) is 25.7 Å². The summed E-state index contributed by atoms with van der Waals surface area (Å²) in [6, 6.07) is 0. The second-order valence-electron chi connectivity index (χ2n) is 27.3. The summed E-state index contributed by atoms with van der Waals surface area (Å²) in [4.78, 5) is 72.6. The molecular weight excluding hydrogens is 1190 g/mol. The molecule has 0 aliphatic carbocycles. The van der Waals surface area contributed by atoms with Crippen LogP contribution in [0.15, 0.2) is 0 Å². The van der Waals surface area contributed by atoms with Crippen LogP contribution in [0, 0.1) is 23.7 Å². The zero-order valence-electron chi connectivity index (χ0n) is 58.8. The molecule has 0 aliphatic rings. The molecule has 0 radical (unpaired) electrons. The summed E-state index contributed by atoms with van der Waals surface area (Å²) in [6.07, 6.45) is 43.1. The Morgan fingerprint density at radius 2 is 0.533 bits per heavy atom. The molecule has 0 aliphatic heterocycles. The minimum absolute atomic E-state index is 0.103. The monoisotopic (exact) mass is 1320 g/mol. The van der Waals surface area contributed by atoms with Crippen molar-refractivity contribution < 1.29 is 80.2 Å². The number of aliphatic hydroxyl groups is 1. The van der Waals surface area contributed by atoms with Crippen LogP contribution in [-0.4, -0.2) is 96.7 Å². The maximum absolute atomic E-state index is 13.0. The van der Waals surface area contributed by atoms with Crippen LogP contribution in [0.5, 0.6) is 0 Å². The lowest BCUT2D eigenvalue weighted by molar-refractivity contribution is -0.161. The van der Waals surface area contributed by atoms with Gasteiger partial charge < -0.3 is 33.8 Å². The predicted molar refractivity (Wildman–Crippen MR) is 363 cm³/mol. The SMILES string of the molecule is CCC(C)CCCCCCCCCCC(=O)O[C@H](COC(=O)CCCCCCCCC(C)C)COP(=O)(O)OC[C@H](O)COP(=O)(O)OC[C@@H](COC(=O)CCCCCCCCCCCCCC(C)C)OC(=O)CCCCCCCCCCCCCCC(C)C. The molecule has 0 spiro atoms. The molecule has 0 heterocycles. The van der Waals surface area contributed by atoms with Crippen molar-refractivity contribution in [3.63, 3.8) is 0 Å². The Morgan fingerprint density at radius 1 is 0.311 bits per heavy atom. The highest BCUT2D eigenvalue weighted by Gasteiger charge is 2.30. The van der Waals surface area contributed by atoms with E-state index in [1.165, 1.54) is 148 Å². The highest BCUT2D eigenvalue weighted by Crippen LogP contribution is 2.45. The summed E-state index contributed by atoms with van der Waals surface area (Å²) < 4.78 is 68.3. The van der Waals surface area contributed by atoms with Gasteiger partial charge in [0.25, 0.3) is 0 Å².